The molecule has 5 fully saturated rings. The molecule has 5 aliphatic rings. The van der Waals surface area contributed by atoms with Crippen molar-refractivity contribution in [3.05, 3.63) is 0 Å². The van der Waals surface area contributed by atoms with Gasteiger partial charge in [0.1, 0.15) is 61.9 Å². The summed E-state index contributed by atoms with van der Waals surface area (Å²) in [4.78, 5) is 22.8. The topological polar surface area (TPSA) is 354 Å². The first-order valence-corrected chi connectivity index (χ1v) is 19.4. The number of aliphatic hydroxyl groups excluding tert-OH is 8. The maximum Gasteiger partial charge on any atom is 0.397 e. The van der Waals surface area contributed by atoms with E-state index in [0.717, 1.165) is 0 Å². The Balaban J connectivity index is 1.44. The van der Waals surface area contributed by atoms with E-state index in [0.29, 0.717) is 0 Å². The third-order valence-electron chi connectivity index (χ3n) is 11.1. The van der Waals surface area contributed by atoms with E-state index in [1.807, 2.05) is 0 Å². The summed E-state index contributed by atoms with van der Waals surface area (Å²) in [7, 11) is -2.51. The van der Waals surface area contributed by atoms with Crippen LogP contribution in [-0.2, 0) is 62.1 Å². The van der Waals surface area contributed by atoms with E-state index >= 15 is 0 Å². The van der Waals surface area contributed by atoms with Crippen LogP contribution in [0.2, 0.25) is 0 Å². The molecule has 0 radical (unpaired) electrons. The highest BCUT2D eigenvalue weighted by Gasteiger charge is 2.55. The van der Waals surface area contributed by atoms with E-state index in [9.17, 15) is 63.4 Å². The second kappa shape index (κ2) is 19.1. The quantitative estimate of drug-likeness (QED) is 0.0444. The average Bonchev–Trinajstić information content (AvgIpc) is 3.13. The van der Waals surface area contributed by atoms with Crippen molar-refractivity contribution in [2.75, 3.05) is 27.4 Å². The Kier molecular flexibility index (Phi) is 15.4. The zero-order chi connectivity index (χ0) is 41.2. The maximum atomic E-state index is 11.9. The number of aliphatic carboxylic acids is 1. The Labute approximate surface area is 320 Å². The summed E-state index contributed by atoms with van der Waals surface area (Å²) < 4.78 is 84.1. The second-order valence-corrected chi connectivity index (χ2v) is 15.8. The Bertz CT molecular complexity index is 1400. The van der Waals surface area contributed by atoms with Crippen LogP contribution in [0.1, 0.15) is 38.5 Å². The highest BCUT2D eigenvalue weighted by atomic mass is 32.3. The highest BCUT2D eigenvalue weighted by molar-refractivity contribution is 7.80. The van der Waals surface area contributed by atoms with Crippen LogP contribution < -0.4 is 0 Å². The first-order valence-electron chi connectivity index (χ1n) is 18.1. The van der Waals surface area contributed by atoms with Crippen molar-refractivity contribution < 1.29 is 111 Å². The largest absolute Gasteiger partial charge is 0.481 e. The van der Waals surface area contributed by atoms with Crippen LogP contribution in [0.4, 0.5) is 0 Å². The van der Waals surface area contributed by atoms with Gasteiger partial charge in [0.05, 0.1) is 49.3 Å². The third-order valence-corrected chi connectivity index (χ3v) is 11.6. The Morgan fingerprint density at radius 2 is 1.30 bits per heavy atom. The molecule has 0 aromatic carbocycles. The molecule has 2 saturated carbocycles. The number of carboxylic acid groups (broad SMARTS) is 1. The van der Waals surface area contributed by atoms with Crippen LogP contribution in [0.3, 0.4) is 0 Å². The molecule has 0 aromatic heterocycles. The number of carbonyl (C=O) groups excluding carboxylic acids is 1. The number of aliphatic hydroxyl groups is 8. The first kappa shape index (κ1) is 45.3. The lowest BCUT2D eigenvalue weighted by Gasteiger charge is -2.53. The normalized spacial score (nSPS) is 46.1. The van der Waals surface area contributed by atoms with Crippen LogP contribution >= 0.6 is 0 Å². The van der Waals surface area contributed by atoms with Gasteiger partial charge in [-0.05, 0) is 31.6 Å². The molecule has 23 nitrogen and oxygen atoms in total. The van der Waals surface area contributed by atoms with Crippen LogP contribution in [0.25, 0.3) is 0 Å². The summed E-state index contributed by atoms with van der Waals surface area (Å²) >= 11 is 0. The van der Waals surface area contributed by atoms with Gasteiger partial charge in [0.15, 0.2) is 18.7 Å². The van der Waals surface area contributed by atoms with Gasteiger partial charge in [-0.3, -0.25) is 14.1 Å². The molecule has 0 spiro atoms. The molecule has 2 aliphatic carbocycles. The number of methoxy groups -OCH3 is 2. The lowest BCUT2D eigenvalue weighted by atomic mass is 9.72. The minimum absolute atomic E-state index is 0.0198. The van der Waals surface area contributed by atoms with E-state index in [1.165, 1.54) is 14.2 Å². The molecule has 18 unspecified atom stereocenters. The fraction of sp³-hybridized carbons (Fsp3) is 0.938. The van der Waals surface area contributed by atoms with Gasteiger partial charge in [-0.25, -0.2) is 4.18 Å². The van der Waals surface area contributed by atoms with E-state index in [1.54, 1.807) is 0 Å². The number of hydrogen-bond donors (Lipinski definition) is 10. The van der Waals surface area contributed by atoms with E-state index in [4.69, 9.17) is 43.0 Å². The zero-order valence-electron chi connectivity index (χ0n) is 30.4. The van der Waals surface area contributed by atoms with Crippen LogP contribution in [0.15, 0.2) is 0 Å². The summed E-state index contributed by atoms with van der Waals surface area (Å²) in [6, 6.07) is 0. The molecule has 56 heavy (non-hydrogen) atoms. The fourth-order valence-electron chi connectivity index (χ4n) is 8.30. The van der Waals surface area contributed by atoms with E-state index in [-0.39, 0.29) is 32.1 Å². The predicted octanol–water partition coefficient (Wildman–Crippen LogP) is -5.06. The van der Waals surface area contributed by atoms with Gasteiger partial charge in [-0.2, -0.15) is 8.42 Å². The molecular weight excluding hydrogens is 784 g/mol. The Hall–Kier alpha value is -1.79. The maximum absolute atomic E-state index is 11.9. The lowest BCUT2D eigenvalue weighted by Crippen LogP contribution is -2.64. The summed E-state index contributed by atoms with van der Waals surface area (Å²) in [6.45, 7) is -1.57. The van der Waals surface area contributed by atoms with Crippen LogP contribution in [0.5, 0.6) is 0 Å². The third kappa shape index (κ3) is 10.5. The van der Waals surface area contributed by atoms with Crippen molar-refractivity contribution in [1.82, 2.24) is 0 Å². The van der Waals surface area contributed by atoms with Crippen molar-refractivity contribution in [3.8, 4) is 0 Å². The molecule has 324 valence electrons. The van der Waals surface area contributed by atoms with E-state index in [2.05, 4.69) is 4.18 Å². The van der Waals surface area contributed by atoms with Crippen molar-refractivity contribution in [3.63, 3.8) is 0 Å². The molecule has 3 saturated heterocycles. The number of carbonyl (C=O) groups is 2. The van der Waals surface area contributed by atoms with Gasteiger partial charge in [0.2, 0.25) is 0 Å². The molecular formula is C32H52O23S. The number of rotatable bonds is 14. The average molecular weight is 837 g/mol. The summed E-state index contributed by atoms with van der Waals surface area (Å²) in [5, 5.41) is 93.8. The molecule has 18 atom stereocenters. The molecule has 3 heterocycles. The number of esters is 1. The Morgan fingerprint density at radius 3 is 1.89 bits per heavy atom. The summed E-state index contributed by atoms with van der Waals surface area (Å²) in [5.74, 6) is -3.98. The van der Waals surface area contributed by atoms with Crippen molar-refractivity contribution >= 4 is 22.3 Å². The fourth-order valence-corrected chi connectivity index (χ4v) is 8.78. The van der Waals surface area contributed by atoms with Crippen molar-refractivity contribution in [2.24, 2.45) is 11.8 Å². The molecule has 24 heteroatoms. The Morgan fingerprint density at radius 1 is 0.696 bits per heavy atom. The second-order valence-electron chi connectivity index (χ2n) is 14.7. The monoisotopic (exact) mass is 836 g/mol. The zero-order valence-corrected chi connectivity index (χ0v) is 31.2. The molecule has 0 amide bonds. The SMILES string of the molecule is COC1CC(C2OC3CC(O)CC(OC4OC(COC(=O)CC(=O)O)C(O)C(O)C4OS(=O)(=O)O)C3CC2OC2OC(CO)C(O)C(O)C2O)CC(OC)C1O. The number of ether oxygens (including phenoxy) is 8. The summed E-state index contributed by atoms with van der Waals surface area (Å²) in [5.41, 5.74) is 0. The van der Waals surface area contributed by atoms with Gasteiger partial charge >= 0.3 is 22.3 Å². The van der Waals surface area contributed by atoms with Crippen LogP contribution in [0, 0.1) is 11.8 Å². The van der Waals surface area contributed by atoms with Crippen molar-refractivity contribution in [2.45, 2.75) is 149 Å². The smallest absolute Gasteiger partial charge is 0.397 e. The predicted molar refractivity (Wildman–Crippen MR) is 176 cm³/mol. The molecule has 0 aromatic rings. The van der Waals surface area contributed by atoms with E-state index < -0.39 is 164 Å². The number of fused-ring (bicyclic) bond motifs is 1. The number of hydrogen-bond acceptors (Lipinski definition) is 21. The van der Waals surface area contributed by atoms with Gasteiger partial charge in [0, 0.05) is 26.6 Å². The first-order chi connectivity index (χ1) is 26.3. The molecule has 5 rings (SSSR count). The van der Waals surface area contributed by atoms with Crippen LogP contribution in [-0.4, -0.2) is 209 Å². The van der Waals surface area contributed by atoms with Gasteiger partial charge in [0.25, 0.3) is 0 Å². The van der Waals surface area contributed by atoms with Gasteiger partial charge in [-0.1, -0.05) is 0 Å². The van der Waals surface area contributed by atoms with Crippen molar-refractivity contribution in [1.29, 1.82) is 0 Å². The number of carboxylic acids is 1. The minimum atomic E-state index is -5.34. The lowest BCUT2D eigenvalue weighted by molar-refractivity contribution is -0.344. The van der Waals surface area contributed by atoms with Gasteiger partial charge < -0.3 is 83.9 Å². The molecule has 10 N–H and O–H groups in total. The standard InChI is InChI=1S/C32H52O23S/c1-47-16-3-11(4-17(48-2)23(16)38)29-18(52-31-28(43)26(41)24(39)19(9-33)53-31)7-13-14(50-29)5-12(34)6-15(13)51-32-30(55-56(44,45)46)27(42)25(40)20(54-32)10-49-22(37)8-21(35)36/h11-20,23-34,38-43H,3-10H2,1-2H3,(H,35,36)(H,44,45,46). The summed E-state index contributed by atoms with van der Waals surface area (Å²) in [6.07, 6.45) is -26.3. The molecule has 0 bridgehead atoms. The highest BCUT2D eigenvalue weighted by Crippen LogP contribution is 2.45. The van der Waals surface area contributed by atoms with Gasteiger partial charge in [-0.15, -0.1) is 0 Å². The minimum Gasteiger partial charge on any atom is -0.481 e. The molecule has 3 aliphatic heterocycles.